The van der Waals surface area contributed by atoms with Crippen molar-refractivity contribution in [3.63, 3.8) is 0 Å². The SMILES string of the molecule is COc1ccccc1NS(=O)(=O)c1ccc(C(=O)NC(C)c2ccc(F)cc2)cc1. The second kappa shape index (κ2) is 8.96. The van der Waals surface area contributed by atoms with E-state index in [1.54, 1.807) is 43.3 Å². The van der Waals surface area contributed by atoms with Crippen LogP contribution in [0, 0.1) is 5.82 Å². The molecule has 0 spiro atoms. The van der Waals surface area contributed by atoms with Crippen LogP contribution >= 0.6 is 0 Å². The Morgan fingerprint density at radius 2 is 1.60 bits per heavy atom. The molecule has 0 aliphatic carbocycles. The highest BCUT2D eigenvalue weighted by Gasteiger charge is 2.18. The quantitative estimate of drug-likeness (QED) is 0.593. The maximum atomic E-state index is 13.0. The zero-order valence-corrected chi connectivity index (χ0v) is 17.2. The molecule has 6 nitrogen and oxygen atoms in total. The summed E-state index contributed by atoms with van der Waals surface area (Å²) < 4.78 is 46.0. The second-order valence-electron chi connectivity index (χ2n) is 6.58. The molecule has 1 amide bonds. The fourth-order valence-electron chi connectivity index (χ4n) is 2.83. The summed E-state index contributed by atoms with van der Waals surface area (Å²) in [6.45, 7) is 1.78. The predicted octanol–water partition coefficient (Wildman–Crippen LogP) is 4.13. The van der Waals surface area contributed by atoms with E-state index in [4.69, 9.17) is 4.74 Å². The van der Waals surface area contributed by atoms with Gasteiger partial charge < -0.3 is 10.1 Å². The van der Waals surface area contributed by atoms with Crippen LogP contribution in [0.3, 0.4) is 0 Å². The number of anilines is 1. The maximum Gasteiger partial charge on any atom is 0.262 e. The Bertz CT molecular complexity index is 1130. The highest BCUT2D eigenvalue weighted by Crippen LogP contribution is 2.26. The van der Waals surface area contributed by atoms with E-state index in [9.17, 15) is 17.6 Å². The minimum Gasteiger partial charge on any atom is -0.495 e. The lowest BCUT2D eigenvalue weighted by Gasteiger charge is -2.15. The normalized spacial score (nSPS) is 12.1. The van der Waals surface area contributed by atoms with Gasteiger partial charge in [0.05, 0.1) is 23.7 Å². The van der Waals surface area contributed by atoms with Gasteiger partial charge in [0.1, 0.15) is 11.6 Å². The van der Waals surface area contributed by atoms with Crippen molar-refractivity contribution in [3.05, 3.63) is 89.7 Å². The number of methoxy groups -OCH3 is 1. The van der Waals surface area contributed by atoms with Crippen molar-refractivity contribution in [2.75, 3.05) is 11.8 Å². The number of rotatable bonds is 7. The summed E-state index contributed by atoms with van der Waals surface area (Å²) >= 11 is 0. The van der Waals surface area contributed by atoms with E-state index >= 15 is 0 Å². The van der Waals surface area contributed by atoms with Crippen molar-refractivity contribution in [1.82, 2.24) is 5.32 Å². The van der Waals surface area contributed by atoms with Crippen molar-refractivity contribution in [3.8, 4) is 5.75 Å². The molecule has 0 aromatic heterocycles. The minimum atomic E-state index is -3.86. The first-order chi connectivity index (χ1) is 14.3. The molecule has 0 radical (unpaired) electrons. The van der Waals surface area contributed by atoms with Gasteiger partial charge in [-0.1, -0.05) is 24.3 Å². The summed E-state index contributed by atoms with van der Waals surface area (Å²) in [6, 6.07) is 17.7. The monoisotopic (exact) mass is 428 g/mol. The molecular weight excluding hydrogens is 407 g/mol. The summed E-state index contributed by atoms with van der Waals surface area (Å²) in [7, 11) is -2.40. The molecule has 0 saturated carbocycles. The van der Waals surface area contributed by atoms with Crippen molar-refractivity contribution in [2.45, 2.75) is 17.9 Å². The van der Waals surface area contributed by atoms with E-state index in [0.717, 1.165) is 5.56 Å². The number of hydrogen-bond acceptors (Lipinski definition) is 4. The van der Waals surface area contributed by atoms with Gasteiger partial charge >= 0.3 is 0 Å². The highest BCUT2D eigenvalue weighted by atomic mass is 32.2. The van der Waals surface area contributed by atoms with Crippen LogP contribution in [0.4, 0.5) is 10.1 Å². The van der Waals surface area contributed by atoms with Crippen molar-refractivity contribution in [1.29, 1.82) is 0 Å². The summed E-state index contributed by atoms with van der Waals surface area (Å²) in [6.07, 6.45) is 0. The van der Waals surface area contributed by atoms with Crippen molar-refractivity contribution in [2.24, 2.45) is 0 Å². The number of carbonyl (C=O) groups excluding carboxylic acids is 1. The number of ether oxygens (including phenoxy) is 1. The van der Waals surface area contributed by atoms with Crippen LogP contribution in [-0.2, 0) is 10.0 Å². The number of sulfonamides is 1. The zero-order chi connectivity index (χ0) is 21.7. The molecule has 3 aromatic rings. The predicted molar refractivity (Wildman–Crippen MR) is 113 cm³/mol. The van der Waals surface area contributed by atoms with Crippen LogP contribution in [0.2, 0.25) is 0 Å². The van der Waals surface area contributed by atoms with Gasteiger partial charge in [0.2, 0.25) is 0 Å². The number of halogens is 1. The molecular formula is C22H21FN2O4S. The number of amides is 1. The highest BCUT2D eigenvalue weighted by molar-refractivity contribution is 7.92. The van der Waals surface area contributed by atoms with Gasteiger partial charge in [0, 0.05) is 5.56 Å². The molecule has 3 aromatic carbocycles. The third-order valence-corrected chi connectivity index (χ3v) is 5.88. The maximum absolute atomic E-state index is 13.0. The number of nitrogens with one attached hydrogen (secondary N) is 2. The third kappa shape index (κ3) is 4.96. The standard InChI is InChI=1S/C22H21FN2O4S/c1-15(16-7-11-18(23)12-8-16)24-22(26)17-9-13-19(14-10-17)30(27,28)25-20-5-3-4-6-21(20)29-2/h3-15,25H,1-2H3,(H,24,26). The molecule has 0 aliphatic rings. The molecule has 1 atom stereocenters. The Hall–Kier alpha value is -3.39. The van der Waals surface area contributed by atoms with Crippen molar-refractivity contribution < 1.29 is 22.3 Å². The van der Waals surface area contributed by atoms with E-state index in [1.165, 1.54) is 43.5 Å². The van der Waals surface area contributed by atoms with Gasteiger partial charge in [-0.2, -0.15) is 0 Å². The molecule has 1 unspecified atom stereocenters. The molecule has 30 heavy (non-hydrogen) atoms. The van der Waals surface area contributed by atoms with Gasteiger partial charge in [0.25, 0.3) is 15.9 Å². The largest absolute Gasteiger partial charge is 0.495 e. The van der Waals surface area contributed by atoms with Gasteiger partial charge in [-0.25, -0.2) is 12.8 Å². The van der Waals surface area contributed by atoms with E-state index in [2.05, 4.69) is 10.0 Å². The lowest BCUT2D eigenvalue weighted by Crippen LogP contribution is -2.26. The van der Waals surface area contributed by atoms with E-state index in [1.807, 2.05) is 0 Å². The van der Waals surface area contributed by atoms with Crippen LogP contribution < -0.4 is 14.8 Å². The van der Waals surface area contributed by atoms with Gasteiger partial charge in [-0.15, -0.1) is 0 Å². The number of carbonyl (C=O) groups is 1. The molecule has 0 bridgehead atoms. The average molecular weight is 428 g/mol. The number of para-hydroxylation sites is 2. The van der Waals surface area contributed by atoms with Crippen LogP contribution in [-0.4, -0.2) is 21.4 Å². The molecule has 3 rings (SSSR count). The van der Waals surface area contributed by atoms with Crippen LogP contribution in [0.15, 0.2) is 77.7 Å². The lowest BCUT2D eigenvalue weighted by molar-refractivity contribution is 0.0940. The van der Waals surface area contributed by atoms with Gasteiger partial charge in [-0.3, -0.25) is 9.52 Å². The first kappa shape index (κ1) is 21.3. The lowest BCUT2D eigenvalue weighted by atomic mass is 10.1. The van der Waals surface area contributed by atoms with Crippen LogP contribution in [0.5, 0.6) is 5.75 Å². The molecule has 156 valence electrons. The fraction of sp³-hybridized carbons (Fsp3) is 0.136. The number of benzene rings is 3. The molecule has 0 heterocycles. The topological polar surface area (TPSA) is 84.5 Å². The first-order valence-corrected chi connectivity index (χ1v) is 10.6. The Kier molecular flexibility index (Phi) is 6.37. The van der Waals surface area contributed by atoms with Gasteiger partial charge in [-0.05, 0) is 61.0 Å². The Labute approximate surface area is 174 Å². The molecule has 2 N–H and O–H groups in total. The summed E-state index contributed by atoms with van der Waals surface area (Å²) in [4.78, 5) is 12.5. The Morgan fingerprint density at radius 3 is 2.23 bits per heavy atom. The van der Waals surface area contributed by atoms with E-state index in [0.29, 0.717) is 17.0 Å². The molecule has 0 fully saturated rings. The second-order valence-corrected chi connectivity index (χ2v) is 8.26. The average Bonchev–Trinajstić information content (AvgIpc) is 2.74. The van der Waals surface area contributed by atoms with Crippen LogP contribution in [0.25, 0.3) is 0 Å². The van der Waals surface area contributed by atoms with Crippen molar-refractivity contribution >= 4 is 21.6 Å². The fourth-order valence-corrected chi connectivity index (χ4v) is 3.90. The summed E-state index contributed by atoms with van der Waals surface area (Å²) in [5, 5.41) is 2.80. The number of hydrogen-bond donors (Lipinski definition) is 2. The Morgan fingerprint density at radius 1 is 0.967 bits per heavy atom. The zero-order valence-electron chi connectivity index (χ0n) is 16.4. The molecule has 0 saturated heterocycles. The molecule has 8 heteroatoms. The van der Waals surface area contributed by atoms with Gasteiger partial charge in [0.15, 0.2) is 0 Å². The Balaban J connectivity index is 1.71. The first-order valence-electron chi connectivity index (χ1n) is 9.12. The molecule has 0 aliphatic heterocycles. The summed E-state index contributed by atoms with van der Waals surface area (Å²) in [5.74, 6) is -0.323. The van der Waals surface area contributed by atoms with Crippen LogP contribution in [0.1, 0.15) is 28.9 Å². The minimum absolute atomic E-state index is 0.0107. The van der Waals surface area contributed by atoms with E-state index < -0.39 is 10.0 Å². The third-order valence-electron chi connectivity index (χ3n) is 4.50. The summed E-state index contributed by atoms with van der Waals surface area (Å²) in [5.41, 5.74) is 1.38. The van der Waals surface area contributed by atoms with E-state index in [-0.39, 0.29) is 22.7 Å². The smallest absolute Gasteiger partial charge is 0.262 e.